The normalized spacial score (nSPS) is 10.3. The Kier molecular flexibility index (Phi) is 4.41. The van der Waals surface area contributed by atoms with E-state index in [-0.39, 0.29) is 5.78 Å². The first-order valence-electron chi connectivity index (χ1n) is 6.77. The second-order valence-corrected chi connectivity index (χ2v) is 4.80. The third kappa shape index (κ3) is 3.38. The van der Waals surface area contributed by atoms with Crippen molar-refractivity contribution >= 4 is 11.5 Å². The molecule has 0 amide bonds. The summed E-state index contributed by atoms with van der Waals surface area (Å²) in [5.41, 5.74) is 8.10. The Balaban J connectivity index is 2.13. The molecule has 0 spiro atoms. The van der Waals surface area contributed by atoms with E-state index in [1.165, 1.54) is 12.5 Å². The van der Waals surface area contributed by atoms with Gasteiger partial charge in [-0.2, -0.15) is 0 Å². The summed E-state index contributed by atoms with van der Waals surface area (Å²) >= 11 is 0. The van der Waals surface area contributed by atoms with Crippen LogP contribution in [0.1, 0.15) is 36.2 Å². The fraction of sp³-hybridized carbons (Fsp3) is 0.235. The quantitative estimate of drug-likeness (QED) is 0.653. The maximum atomic E-state index is 11.3. The van der Waals surface area contributed by atoms with Crippen molar-refractivity contribution in [3.63, 3.8) is 0 Å². The van der Waals surface area contributed by atoms with E-state index in [0.717, 1.165) is 18.6 Å². The lowest BCUT2D eigenvalue weighted by atomic mass is 10.1. The van der Waals surface area contributed by atoms with E-state index in [0.29, 0.717) is 17.0 Å². The van der Waals surface area contributed by atoms with Gasteiger partial charge in [0.05, 0.1) is 0 Å². The largest absolute Gasteiger partial charge is 0.457 e. The number of Topliss-reactive ketones (excluding diaryl/α,β-unsaturated/α-hetero) is 1. The fourth-order valence-corrected chi connectivity index (χ4v) is 2.07. The Morgan fingerprint density at radius 2 is 1.75 bits per heavy atom. The topological polar surface area (TPSA) is 52.3 Å². The van der Waals surface area contributed by atoms with E-state index in [9.17, 15) is 4.79 Å². The molecule has 0 saturated carbocycles. The lowest BCUT2D eigenvalue weighted by Gasteiger charge is -2.09. The standard InChI is InChI=1S/C17H19NO2/c1-3-4-13-5-7-14(8-6-13)20-15-9-10-16(12(2)19)17(18)11-15/h5-11H,3-4,18H2,1-2H3. The molecule has 2 N–H and O–H groups in total. The van der Waals surface area contributed by atoms with Gasteiger partial charge in [-0.05, 0) is 43.2 Å². The van der Waals surface area contributed by atoms with Gasteiger partial charge >= 0.3 is 0 Å². The first-order valence-corrected chi connectivity index (χ1v) is 6.77. The van der Waals surface area contributed by atoms with Gasteiger partial charge < -0.3 is 10.5 Å². The lowest BCUT2D eigenvalue weighted by Crippen LogP contribution is -1.99. The third-order valence-electron chi connectivity index (χ3n) is 3.10. The van der Waals surface area contributed by atoms with Crippen molar-refractivity contribution < 1.29 is 9.53 Å². The summed E-state index contributed by atoms with van der Waals surface area (Å²) in [6.45, 7) is 3.66. The van der Waals surface area contributed by atoms with Crippen molar-refractivity contribution in [2.75, 3.05) is 5.73 Å². The molecule has 20 heavy (non-hydrogen) atoms. The third-order valence-corrected chi connectivity index (χ3v) is 3.10. The van der Waals surface area contributed by atoms with Gasteiger partial charge in [0.25, 0.3) is 0 Å². The van der Waals surface area contributed by atoms with Gasteiger partial charge in [-0.1, -0.05) is 25.5 Å². The average molecular weight is 269 g/mol. The molecule has 0 aromatic heterocycles. The molecule has 0 radical (unpaired) electrons. The van der Waals surface area contributed by atoms with Gasteiger partial charge in [0.15, 0.2) is 5.78 Å². The first kappa shape index (κ1) is 14.1. The van der Waals surface area contributed by atoms with E-state index in [2.05, 4.69) is 19.1 Å². The summed E-state index contributed by atoms with van der Waals surface area (Å²) in [6, 6.07) is 13.1. The highest BCUT2D eigenvalue weighted by atomic mass is 16.5. The van der Waals surface area contributed by atoms with E-state index >= 15 is 0 Å². The second kappa shape index (κ2) is 6.24. The molecule has 0 aliphatic carbocycles. The fourth-order valence-electron chi connectivity index (χ4n) is 2.07. The Morgan fingerprint density at radius 3 is 2.30 bits per heavy atom. The Labute approximate surface area is 119 Å². The Hall–Kier alpha value is -2.29. The van der Waals surface area contributed by atoms with Crippen molar-refractivity contribution in [2.24, 2.45) is 0 Å². The maximum Gasteiger partial charge on any atom is 0.161 e. The molecule has 3 heteroatoms. The van der Waals surface area contributed by atoms with Crippen LogP contribution in [0.4, 0.5) is 5.69 Å². The molecular formula is C17H19NO2. The van der Waals surface area contributed by atoms with Crippen LogP contribution in [0.15, 0.2) is 42.5 Å². The number of nitrogen functional groups attached to an aromatic ring is 1. The Bertz CT molecular complexity index is 603. The molecule has 0 aliphatic rings. The molecule has 3 nitrogen and oxygen atoms in total. The number of aryl methyl sites for hydroxylation is 1. The van der Waals surface area contributed by atoms with E-state index in [1.807, 2.05) is 12.1 Å². The number of rotatable bonds is 5. The van der Waals surface area contributed by atoms with Crippen molar-refractivity contribution in [2.45, 2.75) is 26.7 Å². The summed E-state index contributed by atoms with van der Waals surface area (Å²) < 4.78 is 5.74. The molecule has 0 aliphatic heterocycles. The number of nitrogens with two attached hydrogens (primary N) is 1. The SMILES string of the molecule is CCCc1ccc(Oc2ccc(C(C)=O)c(N)c2)cc1. The van der Waals surface area contributed by atoms with Crippen LogP contribution in [0.3, 0.4) is 0 Å². The molecule has 2 rings (SSSR count). The molecule has 0 saturated heterocycles. The van der Waals surface area contributed by atoms with Crippen molar-refractivity contribution in [1.29, 1.82) is 0 Å². The van der Waals surface area contributed by atoms with Crippen LogP contribution in [0.2, 0.25) is 0 Å². The molecule has 2 aromatic carbocycles. The van der Waals surface area contributed by atoms with Gasteiger partial charge in [-0.25, -0.2) is 0 Å². The lowest BCUT2D eigenvalue weighted by molar-refractivity contribution is 0.101. The van der Waals surface area contributed by atoms with Crippen LogP contribution < -0.4 is 10.5 Å². The van der Waals surface area contributed by atoms with Crippen LogP contribution in [0.5, 0.6) is 11.5 Å². The highest BCUT2D eigenvalue weighted by Gasteiger charge is 2.06. The highest BCUT2D eigenvalue weighted by Crippen LogP contribution is 2.26. The molecule has 0 bridgehead atoms. The summed E-state index contributed by atoms with van der Waals surface area (Å²) in [5, 5.41) is 0. The summed E-state index contributed by atoms with van der Waals surface area (Å²) in [5.74, 6) is 1.36. The first-order chi connectivity index (χ1) is 9.60. The van der Waals surface area contributed by atoms with Crippen LogP contribution in [0.25, 0.3) is 0 Å². The van der Waals surface area contributed by atoms with Crippen LogP contribution in [-0.2, 0) is 6.42 Å². The molecule has 0 unspecified atom stereocenters. The summed E-state index contributed by atoms with van der Waals surface area (Å²) in [4.78, 5) is 11.3. The molecule has 104 valence electrons. The average Bonchev–Trinajstić information content (AvgIpc) is 2.41. The van der Waals surface area contributed by atoms with Gasteiger partial charge in [0, 0.05) is 17.3 Å². The summed E-state index contributed by atoms with van der Waals surface area (Å²) in [6.07, 6.45) is 2.20. The smallest absolute Gasteiger partial charge is 0.161 e. The minimum Gasteiger partial charge on any atom is -0.457 e. The minimum absolute atomic E-state index is 0.0435. The van der Waals surface area contributed by atoms with Crippen molar-refractivity contribution in [3.8, 4) is 11.5 Å². The van der Waals surface area contributed by atoms with Crippen LogP contribution in [0, 0.1) is 0 Å². The van der Waals surface area contributed by atoms with Gasteiger partial charge in [0.2, 0.25) is 0 Å². The number of anilines is 1. The number of ether oxygens (including phenoxy) is 1. The number of carbonyl (C=O) groups excluding carboxylic acids is 1. The molecule has 0 heterocycles. The van der Waals surface area contributed by atoms with Gasteiger partial charge in [-0.15, -0.1) is 0 Å². The van der Waals surface area contributed by atoms with E-state index in [4.69, 9.17) is 10.5 Å². The Morgan fingerprint density at radius 1 is 1.10 bits per heavy atom. The molecular weight excluding hydrogens is 250 g/mol. The summed E-state index contributed by atoms with van der Waals surface area (Å²) in [7, 11) is 0. The molecule has 0 atom stereocenters. The monoisotopic (exact) mass is 269 g/mol. The zero-order valence-electron chi connectivity index (χ0n) is 11.8. The maximum absolute atomic E-state index is 11.3. The van der Waals surface area contributed by atoms with Crippen molar-refractivity contribution in [3.05, 3.63) is 53.6 Å². The van der Waals surface area contributed by atoms with E-state index < -0.39 is 0 Å². The predicted octanol–water partition coefficient (Wildman–Crippen LogP) is 4.22. The van der Waals surface area contributed by atoms with Gasteiger partial charge in [0.1, 0.15) is 11.5 Å². The molecule has 2 aromatic rings. The number of benzene rings is 2. The number of ketones is 1. The number of hydrogen-bond acceptors (Lipinski definition) is 3. The van der Waals surface area contributed by atoms with Crippen molar-refractivity contribution in [1.82, 2.24) is 0 Å². The number of hydrogen-bond donors (Lipinski definition) is 1. The van der Waals surface area contributed by atoms with Gasteiger partial charge in [-0.3, -0.25) is 4.79 Å². The highest BCUT2D eigenvalue weighted by molar-refractivity contribution is 5.99. The molecule has 0 fully saturated rings. The van der Waals surface area contributed by atoms with Crippen LogP contribution >= 0.6 is 0 Å². The van der Waals surface area contributed by atoms with E-state index in [1.54, 1.807) is 18.2 Å². The number of carbonyl (C=O) groups is 1. The van der Waals surface area contributed by atoms with Crippen LogP contribution in [-0.4, -0.2) is 5.78 Å². The zero-order chi connectivity index (χ0) is 14.5. The second-order valence-electron chi connectivity index (χ2n) is 4.80. The minimum atomic E-state index is -0.0435. The zero-order valence-corrected chi connectivity index (χ0v) is 11.8. The predicted molar refractivity (Wildman–Crippen MR) is 81.4 cm³/mol.